The lowest BCUT2D eigenvalue weighted by Gasteiger charge is -2.31. The van der Waals surface area contributed by atoms with Gasteiger partial charge in [0.2, 0.25) is 11.8 Å². The van der Waals surface area contributed by atoms with Crippen LogP contribution in [0.5, 0.6) is 17.2 Å². The highest BCUT2D eigenvalue weighted by Gasteiger charge is 2.28. The van der Waals surface area contributed by atoms with Gasteiger partial charge in [0.25, 0.3) is 0 Å². The highest BCUT2D eigenvalue weighted by Crippen LogP contribution is 2.31. The zero-order valence-corrected chi connectivity index (χ0v) is 19.8. The largest absolute Gasteiger partial charge is 0.497 e. The number of carbonyl (C=O) groups is 2. The minimum atomic E-state index is -0.532. The Kier molecular flexibility index (Phi) is 8.98. The van der Waals surface area contributed by atoms with Crippen molar-refractivity contribution in [3.63, 3.8) is 0 Å². The molecule has 178 valence electrons. The number of amides is 2. The van der Waals surface area contributed by atoms with Crippen molar-refractivity contribution in [1.29, 1.82) is 0 Å². The summed E-state index contributed by atoms with van der Waals surface area (Å²) in [6, 6.07) is 12.8. The average molecular weight is 455 g/mol. The van der Waals surface area contributed by atoms with E-state index in [2.05, 4.69) is 5.32 Å². The van der Waals surface area contributed by atoms with Crippen LogP contribution in [0.1, 0.15) is 44.2 Å². The van der Waals surface area contributed by atoms with E-state index in [1.807, 2.05) is 56.3 Å². The summed E-state index contributed by atoms with van der Waals surface area (Å²) in [5.41, 5.74) is 1.92. The van der Waals surface area contributed by atoms with Gasteiger partial charge in [0.05, 0.1) is 7.11 Å². The lowest BCUT2D eigenvalue weighted by atomic mass is 10.1. The fraction of sp³-hybridized carbons (Fsp3) is 0.462. The Balaban J connectivity index is 1.76. The molecule has 2 amide bonds. The Morgan fingerprint density at radius 1 is 1.06 bits per heavy atom. The van der Waals surface area contributed by atoms with E-state index >= 15 is 0 Å². The van der Waals surface area contributed by atoms with Crippen LogP contribution < -0.4 is 19.5 Å². The number of rotatable bonds is 11. The zero-order chi connectivity index (χ0) is 23.6. The number of hydrogen-bond donors (Lipinski definition) is 1. The van der Waals surface area contributed by atoms with Crippen LogP contribution in [0, 0.1) is 0 Å². The number of hydrogen-bond acceptors (Lipinski definition) is 5. The molecule has 1 N–H and O–H groups in total. The van der Waals surface area contributed by atoms with Crippen LogP contribution in [-0.4, -0.2) is 49.6 Å². The smallest absolute Gasteiger partial charge is 0.242 e. The number of carbonyl (C=O) groups excluding carboxylic acids is 2. The molecule has 1 unspecified atom stereocenters. The van der Waals surface area contributed by atoms with E-state index in [-0.39, 0.29) is 11.8 Å². The second-order valence-electron chi connectivity index (χ2n) is 8.07. The first-order chi connectivity index (χ1) is 16.0. The van der Waals surface area contributed by atoms with Crippen molar-refractivity contribution in [2.45, 2.75) is 52.1 Å². The van der Waals surface area contributed by atoms with Crippen molar-refractivity contribution >= 4 is 11.8 Å². The Labute approximate surface area is 196 Å². The molecule has 0 spiro atoms. The molecule has 7 nitrogen and oxygen atoms in total. The molecule has 2 aromatic carbocycles. The third-order valence-electron chi connectivity index (χ3n) is 5.66. The second-order valence-corrected chi connectivity index (χ2v) is 8.07. The summed E-state index contributed by atoms with van der Waals surface area (Å²) < 4.78 is 16.6. The van der Waals surface area contributed by atoms with Crippen LogP contribution in [0.15, 0.2) is 42.5 Å². The predicted octanol–water partition coefficient (Wildman–Crippen LogP) is 3.73. The minimum absolute atomic E-state index is 0.0637. The first-order valence-electron chi connectivity index (χ1n) is 11.6. The standard InChI is InChI=1S/C26H34N2O5/c1-4-13-27-26(30)22(5-2)28(18-20-7-6-8-21(16-20)31-3)25(29)12-10-19-9-11-23-24(17-19)33-15-14-32-23/h6-9,11,16-17,22H,4-5,10,12-15,18H2,1-3H3,(H,27,30). The molecule has 0 saturated carbocycles. The number of nitrogens with zero attached hydrogens (tertiary/aromatic N) is 1. The van der Waals surface area contributed by atoms with E-state index in [9.17, 15) is 9.59 Å². The molecular weight excluding hydrogens is 420 g/mol. The molecule has 0 bridgehead atoms. The zero-order valence-electron chi connectivity index (χ0n) is 19.8. The van der Waals surface area contributed by atoms with Gasteiger partial charge in [-0.05, 0) is 54.7 Å². The van der Waals surface area contributed by atoms with Crippen LogP contribution in [-0.2, 0) is 22.6 Å². The SMILES string of the molecule is CCCNC(=O)C(CC)N(Cc1cccc(OC)c1)C(=O)CCc1ccc2c(c1)OCCO2. The van der Waals surface area contributed by atoms with Gasteiger partial charge in [-0.15, -0.1) is 0 Å². The number of aryl methyl sites for hydroxylation is 1. The number of benzene rings is 2. The molecule has 33 heavy (non-hydrogen) atoms. The van der Waals surface area contributed by atoms with Crippen LogP contribution in [0.3, 0.4) is 0 Å². The number of fused-ring (bicyclic) bond motifs is 1. The minimum Gasteiger partial charge on any atom is -0.497 e. The molecule has 0 aromatic heterocycles. The second kappa shape index (κ2) is 12.1. The molecule has 1 heterocycles. The molecule has 0 aliphatic carbocycles. The monoisotopic (exact) mass is 454 g/mol. The van der Waals surface area contributed by atoms with E-state index in [0.29, 0.717) is 51.3 Å². The maximum Gasteiger partial charge on any atom is 0.242 e. The molecule has 2 aromatic rings. The highest BCUT2D eigenvalue weighted by molar-refractivity contribution is 5.87. The van der Waals surface area contributed by atoms with Crippen molar-refractivity contribution in [3.05, 3.63) is 53.6 Å². The topological polar surface area (TPSA) is 77.1 Å². The summed E-state index contributed by atoms with van der Waals surface area (Å²) in [5.74, 6) is 1.99. The van der Waals surface area contributed by atoms with Crippen molar-refractivity contribution in [2.75, 3.05) is 26.9 Å². The third kappa shape index (κ3) is 6.63. The maximum absolute atomic E-state index is 13.4. The van der Waals surface area contributed by atoms with Gasteiger partial charge in [-0.1, -0.05) is 32.0 Å². The Morgan fingerprint density at radius 2 is 1.85 bits per heavy atom. The van der Waals surface area contributed by atoms with Gasteiger partial charge in [0.15, 0.2) is 11.5 Å². The fourth-order valence-corrected chi connectivity index (χ4v) is 3.89. The van der Waals surface area contributed by atoms with Gasteiger partial charge < -0.3 is 24.4 Å². The molecule has 7 heteroatoms. The lowest BCUT2D eigenvalue weighted by molar-refractivity contribution is -0.141. The van der Waals surface area contributed by atoms with Crippen LogP contribution in [0.2, 0.25) is 0 Å². The molecule has 1 aliphatic heterocycles. The molecular formula is C26H34N2O5. The highest BCUT2D eigenvalue weighted by atomic mass is 16.6. The average Bonchev–Trinajstić information content (AvgIpc) is 2.85. The summed E-state index contributed by atoms with van der Waals surface area (Å²) in [6.45, 7) is 5.94. The fourth-order valence-electron chi connectivity index (χ4n) is 3.89. The van der Waals surface area contributed by atoms with Gasteiger partial charge in [-0.25, -0.2) is 0 Å². The first kappa shape index (κ1) is 24.4. The Hall–Kier alpha value is -3.22. The van der Waals surface area contributed by atoms with Gasteiger partial charge >= 0.3 is 0 Å². The Morgan fingerprint density at radius 3 is 2.58 bits per heavy atom. The van der Waals surface area contributed by atoms with Crippen LogP contribution in [0.4, 0.5) is 0 Å². The van der Waals surface area contributed by atoms with Gasteiger partial charge in [0.1, 0.15) is 25.0 Å². The van der Waals surface area contributed by atoms with E-state index in [0.717, 1.165) is 29.0 Å². The van der Waals surface area contributed by atoms with E-state index in [1.54, 1.807) is 12.0 Å². The molecule has 1 atom stereocenters. The summed E-state index contributed by atoms with van der Waals surface area (Å²) in [6.07, 6.45) is 2.23. The maximum atomic E-state index is 13.4. The molecule has 0 radical (unpaired) electrons. The van der Waals surface area contributed by atoms with E-state index in [4.69, 9.17) is 14.2 Å². The van der Waals surface area contributed by atoms with Crippen LogP contribution >= 0.6 is 0 Å². The van der Waals surface area contributed by atoms with Crippen molar-refractivity contribution < 1.29 is 23.8 Å². The normalized spacial score (nSPS) is 13.2. The number of methoxy groups -OCH3 is 1. The summed E-state index contributed by atoms with van der Waals surface area (Å²) >= 11 is 0. The number of nitrogens with one attached hydrogen (secondary N) is 1. The van der Waals surface area contributed by atoms with Gasteiger partial charge in [-0.2, -0.15) is 0 Å². The van der Waals surface area contributed by atoms with E-state index in [1.165, 1.54) is 0 Å². The van der Waals surface area contributed by atoms with E-state index < -0.39 is 6.04 Å². The summed E-state index contributed by atoms with van der Waals surface area (Å²) in [5, 5.41) is 2.95. The van der Waals surface area contributed by atoms with Gasteiger partial charge in [-0.3, -0.25) is 9.59 Å². The van der Waals surface area contributed by atoms with Crippen molar-refractivity contribution in [3.8, 4) is 17.2 Å². The quantitative estimate of drug-likeness (QED) is 0.560. The van der Waals surface area contributed by atoms with Crippen LogP contribution in [0.25, 0.3) is 0 Å². The third-order valence-corrected chi connectivity index (χ3v) is 5.66. The summed E-state index contributed by atoms with van der Waals surface area (Å²) in [7, 11) is 1.61. The molecule has 0 saturated heterocycles. The Bertz CT molecular complexity index is 946. The molecule has 0 fully saturated rings. The lowest BCUT2D eigenvalue weighted by Crippen LogP contribution is -2.49. The van der Waals surface area contributed by atoms with Crippen molar-refractivity contribution in [1.82, 2.24) is 10.2 Å². The molecule has 3 rings (SSSR count). The first-order valence-corrected chi connectivity index (χ1v) is 11.6. The van der Waals surface area contributed by atoms with Crippen molar-refractivity contribution in [2.24, 2.45) is 0 Å². The van der Waals surface area contributed by atoms with Gasteiger partial charge in [0, 0.05) is 19.5 Å². The summed E-state index contributed by atoms with van der Waals surface area (Å²) in [4.78, 5) is 28.0. The predicted molar refractivity (Wildman–Crippen MR) is 127 cm³/mol. The molecule has 1 aliphatic rings. The number of ether oxygens (including phenoxy) is 3.